The van der Waals surface area contributed by atoms with Crippen LogP contribution in [0.1, 0.15) is 49.9 Å². The fraction of sp³-hybridized carbons (Fsp3) is 0.200. The minimum absolute atomic E-state index is 0.0696. The van der Waals surface area contributed by atoms with E-state index in [0.29, 0.717) is 0 Å². The van der Waals surface area contributed by atoms with E-state index >= 15 is 0 Å². The van der Waals surface area contributed by atoms with E-state index in [1.807, 2.05) is 12.1 Å². The van der Waals surface area contributed by atoms with Gasteiger partial charge in [-0.2, -0.15) is 0 Å². The van der Waals surface area contributed by atoms with Crippen molar-refractivity contribution in [3.8, 4) is 33.4 Å². The maximum atomic E-state index is 6.12. The molecule has 2 radical (unpaired) electrons. The number of nitrogens with two attached hydrogens (primary N) is 1. The van der Waals surface area contributed by atoms with E-state index in [4.69, 9.17) is 13.6 Å². The van der Waals surface area contributed by atoms with Crippen LogP contribution in [0.2, 0.25) is 0 Å². The molecule has 0 fully saturated rings. The summed E-state index contributed by atoms with van der Waals surface area (Å²) in [6.07, 6.45) is 0. The first-order valence-corrected chi connectivity index (χ1v) is 11.3. The second-order valence-electron chi connectivity index (χ2n) is 10.4. The molecule has 0 atom stereocenters. The first-order valence-electron chi connectivity index (χ1n) is 11.3. The standard InChI is InChI=1S/C30H26BN/c1-29(2)25-13-17(5-9-21(25)23-11-7-19(31)15-27(23)29)18-6-10-22-24-12-8-20(32)16-28(24)30(3,4)26(22)14-18/h5-16H,32H2,1-4H3. The maximum Gasteiger partial charge on any atom is 0.113 e. The average molecular weight is 411 g/mol. The molecular weight excluding hydrogens is 385 g/mol. The SMILES string of the molecule is [B]c1ccc2c(c1)C(C)(C)c1cc(-c3ccc4c(c3)C(C)(C)c3cc(N)ccc3-4)ccc1-2. The first kappa shape index (κ1) is 19.4. The van der Waals surface area contributed by atoms with Crippen LogP contribution in [-0.4, -0.2) is 7.85 Å². The van der Waals surface area contributed by atoms with E-state index in [0.717, 1.165) is 11.2 Å². The molecule has 4 aromatic carbocycles. The first-order chi connectivity index (χ1) is 15.2. The van der Waals surface area contributed by atoms with Gasteiger partial charge < -0.3 is 5.73 Å². The summed E-state index contributed by atoms with van der Waals surface area (Å²) in [6, 6.07) is 26.4. The van der Waals surface area contributed by atoms with Crippen molar-refractivity contribution in [1.29, 1.82) is 0 Å². The van der Waals surface area contributed by atoms with Crippen LogP contribution in [0.15, 0.2) is 72.8 Å². The van der Waals surface area contributed by atoms with Crippen LogP contribution in [0.3, 0.4) is 0 Å². The van der Waals surface area contributed by atoms with E-state index in [1.165, 1.54) is 55.6 Å². The van der Waals surface area contributed by atoms with Crippen molar-refractivity contribution in [3.05, 3.63) is 95.1 Å². The third kappa shape index (κ3) is 2.47. The number of hydrogen-bond donors (Lipinski definition) is 1. The highest BCUT2D eigenvalue weighted by molar-refractivity contribution is 6.32. The van der Waals surface area contributed by atoms with Gasteiger partial charge in [-0.05, 0) is 79.9 Å². The van der Waals surface area contributed by atoms with Crippen LogP contribution in [0, 0.1) is 0 Å². The van der Waals surface area contributed by atoms with Crippen LogP contribution in [0.25, 0.3) is 33.4 Å². The summed E-state index contributed by atoms with van der Waals surface area (Å²) < 4.78 is 0. The van der Waals surface area contributed by atoms with E-state index in [2.05, 4.69) is 88.4 Å². The fourth-order valence-electron chi connectivity index (χ4n) is 5.87. The molecule has 2 N–H and O–H groups in total. The lowest BCUT2D eigenvalue weighted by atomic mass is 9.79. The maximum absolute atomic E-state index is 6.12. The predicted molar refractivity (Wildman–Crippen MR) is 137 cm³/mol. The van der Waals surface area contributed by atoms with Gasteiger partial charge in [0.1, 0.15) is 7.85 Å². The third-order valence-corrected chi connectivity index (χ3v) is 7.73. The van der Waals surface area contributed by atoms with E-state index < -0.39 is 0 Å². The van der Waals surface area contributed by atoms with E-state index in [-0.39, 0.29) is 10.8 Å². The highest BCUT2D eigenvalue weighted by Gasteiger charge is 2.37. The van der Waals surface area contributed by atoms with Crippen molar-refractivity contribution in [2.75, 3.05) is 5.73 Å². The molecule has 0 aliphatic heterocycles. The Hall–Kier alpha value is -3.26. The van der Waals surface area contributed by atoms with Crippen molar-refractivity contribution in [1.82, 2.24) is 0 Å². The zero-order valence-electron chi connectivity index (χ0n) is 19.1. The Morgan fingerprint density at radius 1 is 0.531 bits per heavy atom. The monoisotopic (exact) mass is 411 g/mol. The Balaban J connectivity index is 1.49. The van der Waals surface area contributed by atoms with Crippen molar-refractivity contribution in [2.45, 2.75) is 38.5 Å². The summed E-state index contributed by atoms with van der Waals surface area (Å²) in [5.74, 6) is 0. The summed E-state index contributed by atoms with van der Waals surface area (Å²) >= 11 is 0. The number of fused-ring (bicyclic) bond motifs is 6. The normalized spacial score (nSPS) is 16.2. The quantitative estimate of drug-likeness (QED) is 0.287. The highest BCUT2D eigenvalue weighted by atomic mass is 14.6. The summed E-state index contributed by atoms with van der Waals surface area (Å²) in [5, 5.41) is 0. The van der Waals surface area contributed by atoms with Gasteiger partial charge in [0.15, 0.2) is 0 Å². The summed E-state index contributed by atoms with van der Waals surface area (Å²) in [5.41, 5.74) is 20.7. The number of anilines is 1. The Morgan fingerprint density at radius 2 is 0.938 bits per heavy atom. The van der Waals surface area contributed by atoms with E-state index in [9.17, 15) is 0 Å². The van der Waals surface area contributed by atoms with Gasteiger partial charge in [-0.15, -0.1) is 0 Å². The minimum atomic E-state index is -0.0696. The lowest BCUT2D eigenvalue weighted by Crippen LogP contribution is -2.17. The second-order valence-corrected chi connectivity index (χ2v) is 10.4. The molecule has 0 unspecified atom stereocenters. The van der Waals surface area contributed by atoms with Crippen LogP contribution < -0.4 is 11.2 Å². The zero-order chi connectivity index (χ0) is 22.4. The molecule has 2 aliphatic rings. The number of nitrogen functional groups attached to an aromatic ring is 1. The van der Waals surface area contributed by atoms with Crippen LogP contribution in [0.4, 0.5) is 5.69 Å². The third-order valence-electron chi connectivity index (χ3n) is 7.73. The van der Waals surface area contributed by atoms with Gasteiger partial charge in [0.2, 0.25) is 0 Å². The second kappa shape index (κ2) is 6.16. The molecule has 0 amide bonds. The van der Waals surface area contributed by atoms with Crippen molar-refractivity contribution < 1.29 is 0 Å². The topological polar surface area (TPSA) is 26.0 Å². The average Bonchev–Trinajstić information content (AvgIpc) is 3.12. The van der Waals surface area contributed by atoms with Crippen LogP contribution >= 0.6 is 0 Å². The van der Waals surface area contributed by atoms with Crippen molar-refractivity contribution in [2.24, 2.45) is 0 Å². The summed E-state index contributed by atoms with van der Waals surface area (Å²) in [7, 11) is 6.12. The molecule has 2 heteroatoms. The molecule has 0 spiro atoms. The molecular formula is C30H26BN. The number of hydrogen-bond acceptors (Lipinski definition) is 1. The molecule has 4 aromatic rings. The molecule has 0 saturated carbocycles. The lowest BCUT2D eigenvalue weighted by Gasteiger charge is -2.23. The molecule has 2 aliphatic carbocycles. The minimum Gasteiger partial charge on any atom is -0.399 e. The van der Waals surface area contributed by atoms with Gasteiger partial charge in [-0.3, -0.25) is 0 Å². The largest absolute Gasteiger partial charge is 0.399 e. The van der Waals surface area contributed by atoms with Gasteiger partial charge in [-0.1, -0.05) is 81.7 Å². The van der Waals surface area contributed by atoms with Gasteiger partial charge in [0, 0.05) is 16.5 Å². The fourth-order valence-corrected chi connectivity index (χ4v) is 5.87. The molecule has 0 aromatic heterocycles. The van der Waals surface area contributed by atoms with Crippen molar-refractivity contribution in [3.63, 3.8) is 0 Å². The summed E-state index contributed by atoms with van der Waals surface area (Å²) in [4.78, 5) is 0. The Labute approximate surface area is 191 Å². The Morgan fingerprint density at radius 3 is 1.47 bits per heavy atom. The zero-order valence-corrected chi connectivity index (χ0v) is 19.1. The van der Waals surface area contributed by atoms with Gasteiger partial charge >= 0.3 is 0 Å². The highest BCUT2D eigenvalue weighted by Crippen LogP contribution is 2.52. The molecule has 154 valence electrons. The van der Waals surface area contributed by atoms with Crippen molar-refractivity contribution >= 4 is 19.0 Å². The number of benzene rings is 4. The van der Waals surface area contributed by atoms with E-state index in [1.54, 1.807) is 0 Å². The Bertz CT molecular complexity index is 1330. The molecule has 0 bridgehead atoms. The smallest absolute Gasteiger partial charge is 0.113 e. The molecule has 0 saturated heterocycles. The van der Waals surface area contributed by atoms with Gasteiger partial charge in [0.05, 0.1) is 0 Å². The molecule has 32 heavy (non-hydrogen) atoms. The van der Waals surface area contributed by atoms with Crippen LogP contribution in [-0.2, 0) is 10.8 Å². The Kier molecular flexibility index (Phi) is 3.74. The molecule has 0 heterocycles. The molecule has 6 rings (SSSR count). The van der Waals surface area contributed by atoms with Crippen LogP contribution in [0.5, 0.6) is 0 Å². The predicted octanol–water partition coefficient (Wildman–Crippen LogP) is 6.34. The molecule has 1 nitrogen and oxygen atoms in total. The number of rotatable bonds is 1. The summed E-state index contributed by atoms with van der Waals surface area (Å²) in [6.45, 7) is 9.20. The lowest BCUT2D eigenvalue weighted by molar-refractivity contribution is 0.660. The van der Waals surface area contributed by atoms with Gasteiger partial charge in [0.25, 0.3) is 0 Å². The van der Waals surface area contributed by atoms with Gasteiger partial charge in [-0.25, -0.2) is 0 Å².